The second-order valence-corrected chi connectivity index (χ2v) is 14.5. The van der Waals surface area contributed by atoms with E-state index in [1.54, 1.807) is 15.3 Å². The molecular formula is C31H36N4O5S. The van der Waals surface area contributed by atoms with Gasteiger partial charge in [-0.2, -0.15) is 4.31 Å². The molecule has 216 valence electrons. The number of carbonyl (C=O) groups excluding carboxylic acids is 3. The summed E-state index contributed by atoms with van der Waals surface area (Å²) in [6.45, 7) is 4.23. The average Bonchev–Trinajstić information content (AvgIpc) is 3.46. The van der Waals surface area contributed by atoms with Gasteiger partial charge >= 0.3 is 0 Å². The minimum Gasteiger partial charge on any atom is -0.322 e. The molecule has 1 saturated carbocycles. The molecule has 3 amide bonds. The van der Waals surface area contributed by atoms with Gasteiger partial charge in [-0.05, 0) is 97.8 Å². The molecule has 3 saturated heterocycles. The zero-order chi connectivity index (χ0) is 28.4. The van der Waals surface area contributed by atoms with Crippen molar-refractivity contribution in [3.05, 3.63) is 64.7 Å². The quantitative estimate of drug-likeness (QED) is 0.530. The van der Waals surface area contributed by atoms with Crippen LogP contribution in [0.4, 0.5) is 0 Å². The Kier molecular flexibility index (Phi) is 6.55. The van der Waals surface area contributed by atoms with E-state index in [1.165, 1.54) is 5.56 Å². The Labute approximate surface area is 240 Å². The first-order valence-electron chi connectivity index (χ1n) is 14.8. The van der Waals surface area contributed by atoms with Crippen molar-refractivity contribution in [2.24, 2.45) is 5.41 Å². The summed E-state index contributed by atoms with van der Waals surface area (Å²) in [5.74, 6) is -0.430. The van der Waals surface area contributed by atoms with E-state index in [1.807, 2.05) is 30.3 Å². The number of nitrogens with one attached hydrogen (secondary N) is 1. The van der Waals surface area contributed by atoms with Crippen LogP contribution in [0.5, 0.6) is 0 Å². The van der Waals surface area contributed by atoms with Crippen LogP contribution in [0.15, 0.2) is 47.4 Å². The Hall–Kier alpha value is -3.08. The maximum Gasteiger partial charge on any atom is 0.255 e. The van der Waals surface area contributed by atoms with Crippen molar-refractivity contribution in [2.75, 3.05) is 26.2 Å². The van der Waals surface area contributed by atoms with E-state index in [0.29, 0.717) is 42.4 Å². The predicted molar refractivity (Wildman–Crippen MR) is 151 cm³/mol. The van der Waals surface area contributed by atoms with E-state index >= 15 is 0 Å². The van der Waals surface area contributed by atoms with Gasteiger partial charge in [0.1, 0.15) is 6.04 Å². The molecule has 41 heavy (non-hydrogen) atoms. The van der Waals surface area contributed by atoms with Crippen molar-refractivity contribution in [1.82, 2.24) is 19.4 Å². The summed E-state index contributed by atoms with van der Waals surface area (Å²) in [7, 11) is -3.45. The van der Waals surface area contributed by atoms with Crippen LogP contribution in [0.3, 0.4) is 0 Å². The largest absolute Gasteiger partial charge is 0.322 e. The number of piperidine rings is 2. The fourth-order valence-corrected chi connectivity index (χ4v) is 8.79. The van der Waals surface area contributed by atoms with Gasteiger partial charge in [-0.25, -0.2) is 8.42 Å². The highest BCUT2D eigenvalue weighted by Crippen LogP contribution is 2.53. The van der Waals surface area contributed by atoms with Gasteiger partial charge in [0.2, 0.25) is 21.8 Å². The highest BCUT2D eigenvalue weighted by atomic mass is 32.2. The van der Waals surface area contributed by atoms with Crippen molar-refractivity contribution in [3.8, 4) is 0 Å². The molecule has 1 spiro atoms. The van der Waals surface area contributed by atoms with Crippen molar-refractivity contribution in [3.63, 3.8) is 0 Å². The fraction of sp³-hybridized carbons (Fsp3) is 0.516. The lowest BCUT2D eigenvalue weighted by Crippen LogP contribution is -2.52. The molecule has 4 aliphatic heterocycles. The van der Waals surface area contributed by atoms with E-state index in [9.17, 15) is 22.8 Å². The molecule has 2 aromatic rings. The molecular weight excluding hydrogens is 540 g/mol. The number of fused-ring (bicyclic) bond motifs is 1. The Balaban J connectivity index is 0.969. The zero-order valence-electron chi connectivity index (χ0n) is 23.2. The summed E-state index contributed by atoms with van der Waals surface area (Å²) in [5, 5.41) is 2.36. The van der Waals surface area contributed by atoms with Crippen LogP contribution in [0, 0.1) is 5.41 Å². The lowest BCUT2D eigenvalue weighted by Gasteiger charge is -2.32. The highest BCUT2D eigenvalue weighted by molar-refractivity contribution is 7.89. The van der Waals surface area contributed by atoms with Gasteiger partial charge in [0.05, 0.1) is 4.90 Å². The zero-order valence-corrected chi connectivity index (χ0v) is 24.0. The van der Waals surface area contributed by atoms with Crippen molar-refractivity contribution < 1.29 is 22.8 Å². The standard InChI is InChI=1S/C31H36N4O5S/c36-28-7-6-27(29(37)32-28)35-19-24-17-23(4-5-26(24)30(35)38)22-8-13-33(14-9-22)18-21-2-1-3-25(16-21)41(39,40)34-15-12-31(20-34)10-11-31/h1-5,16-17,22,27H,6-15,18-20H2,(H,32,36,37). The molecule has 9 nitrogen and oxygen atoms in total. The number of hydrogen-bond donors (Lipinski definition) is 1. The summed E-state index contributed by atoms with van der Waals surface area (Å²) in [5.41, 5.74) is 4.09. The second-order valence-electron chi connectivity index (χ2n) is 12.6. The van der Waals surface area contributed by atoms with Crippen LogP contribution in [0.1, 0.15) is 77.9 Å². The van der Waals surface area contributed by atoms with Crippen LogP contribution >= 0.6 is 0 Å². The van der Waals surface area contributed by atoms with E-state index in [4.69, 9.17) is 0 Å². The molecule has 7 rings (SSSR count). The maximum absolute atomic E-state index is 13.3. The molecule has 1 atom stereocenters. The van der Waals surface area contributed by atoms with Crippen LogP contribution in [-0.2, 0) is 32.7 Å². The minimum absolute atomic E-state index is 0.142. The average molecular weight is 577 g/mol. The third kappa shape index (κ3) is 5.00. The molecule has 5 aliphatic rings. The Morgan fingerprint density at radius 3 is 2.46 bits per heavy atom. The number of imide groups is 1. The molecule has 0 bridgehead atoms. The lowest BCUT2D eigenvalue weighted by molar-refractivity contribution is -0.136. The summed E-state index contributed by atoms with van der Waals surface area (Å²) in [4.78, 5) is 41.3. The number of amides is 3. The molecule has 0 aromatic heterocycles. The molecule has 1 aliphatic carbocycles. The minimum atomic E-state index is -3.45. The Morgan fingerprint density at radius 2 is 1.73 bits per heavy atom. The van der Waals surface area contributed by atoms with Crippen LogP contribution < -0.4 is 5.32 Å². The smallest absolute Gasteiger partial charge is 0.255 e. The third-order valence-electron chi connectivity index (χ3n) is 9.91. The number of carbonyl (C=O) groups is 3. The molecule has 1 unspecified atom stereocenters. The lowest BCUT2D eigenvalue weighted by atomic mass is 9.87. The van der Waals surface area contributed by atoms with Crippen LogP contribution in [-0.4, -0.2) is 72.5 Å². The fourth-order valence-electron chi connectivity index (χ4n) is 7.17. The van der Waals surface area contributed by atoms with Gasteiger partial charge in [0.25, 0.3) is 5.91 Å². The number of rotatable bonds is 6. The summed E-state index contributed by atoms with van der Waals surface area (Å²) in [6.07, 6.45) is 5.87. The molecule has 4 heterocycles. The monoisotopic (exact) mass is 576 g/mol. The molecule has 1 N–H and O–H groups in total. The van der Waals surface area contributed by atoms with Gasteiger partial charge in [-0.3, -0.25) is 24.6 Å². The van der Waals surface area contributed by atoms with Crippen LogP contribution in [0.2, 0.25) is 0 Å². The first-order chi connectivity index (χ1) is 19.7. The number of sulfonamides is 1. The van der Waals surface area contributed by atoms with Gasteiger partial charge in [-0.15, -0.1) is 0 Å². The van der Waals surface area contributed by atoms with Gasteiger partial charge in [-0.1, -0.05) is 24.3 Å². The predicted octanol–water partition coefficient (Wildman–Crippen LogP) is 3.00. The third-order valence-corrected chi connectivity index (χ3v) is 11.8. The number of likely N-dealkylation sites (tertiary alicyclic amines) is 1. The topological polar surface area (TPSA) is 107 Å². The van der Waals surface area contributed by atoms with E-state index < -0.39 is 16.1 Å². The van der Waals surface area contributed by atoms with Gasteiger partial charge in [0.15, 0.2) is 0 Å². The van der Waals surface area contributed by atoms with Gasteiger partial charge < -0.3 is 4.90 Å². The van der Waals surface area contributed by atoms with Gasteiger partial charge in [0, 0.05) is 38.2 Å². The van der Waals surface area contributed by atoms with E-state index in [-0.39, 0.29) is 29.6 Å². The Bertz CT molecular complexity index is 1530. The maximum atomic E-state index is 13.3. The molecule has 2 aromatic carbocycles. The number of hydrogen-bond acceptors (Lipinski definition) is 6. The van der Waals surface area contributed by atoms with Crippen LogP contribution in [0.25, 0.3) is 0 Å². The van der Waals surface area contributed by atoms with E-state index in [2.05, 4.69) is 16.3 Å². The van der Waals surface area contributed by atoms with E-state index in [0.717, 1.165) is 62.9 Å². The number of nitrogens with zero attached hydrogens (tertiary/aromatic N) is 3. The SMILES string of the molecule is O=C1CCC(N2Cc3cc(C4CCN(Cc5cccc(S(=O)(=O)N6CCC7(CC7)C6)c5)CC4)ccc3C2=O)C(=O)N1. The van der Waals surface area contributed by atoms with Crippen molar-refractivity contribution in [2.45, 2.75) is 74.9 Å². The second kappa shape index (κ2) is 10.0. The molecule has 0 radical (unpaired) electrons. The molecule has 4 fully saturated rings. The molecule has 10 heteroatoms. The van der Waals surface area contributed by atoms with Crippen molar-refractivity contribution >= 4 is 27.7 Å². The summed E-state index contributed by atoms with van der Waals surface area (Å²) < 4.78 is 28.3. The number of benzene rings is 2. The normalized spacial score (nSPS) is 25.1. The van der Waals surface area contributed by atoms with Crippen molar-refractivity contribution in [1.29, 1.82) is 0 Å². The summed E-state index contributed by atoms with van der Waals surface area (Å²) in [6, 6.07) is 12.9. The first kappa shape index (κ1) is 26.8. The summed E-state index contributed by atoms with van der Waals surface area (Å²) >= 11 is 0. The Morgan fingerprint density at radius 1 is 0.927 bits per heavy atom. The highest BCUT2D eigenvalue weighted by Gasteiger charge is 2.50. The first-order valence-corrected chi connectivity index (χ1v) is 16.2.